The molecule has 0 aliphatic heterocycles. The third kappa shape index (κ3) is 3.90. The molecule has 0 saturated heterocycles. The number of hydrogen-bond acceptors (Lipinski definition) is 5. The summed E-state index contributed by atoms with van der Waals surface area (Å²) in [6, 6.07) is 3.62. The average molecular weight is 294 g/mol. The highest BCUT2D eigenvalue weighted by Gasteiger charge is 2.25. The molecule has 0 radical (unpaired) electrons. The van der Waals surface area contributed by atoms with Crippen LogP contribution in [0.1, 0.15) is 19.4 Å². The van der Waals surface area contributed by atoms with Crippen molar-refractivity contribution in [3.8, 4) is 17.2 Å². The molecule has 0 heterocycles. The normalized spacial score (nSPS) is 11.3. The number of hydrogen-bond donors (Lipinski definition) is 0. The number of rotatable bonds is 6. The molecule has 116 valence electrons. The maximum Gasteiger partial charge on any atom is 0.315 e. The summed E-state index contributed by atoms with van der Waals surface area (Å²) in [5.41, 5.74) is 0.122. The van der Waals surface area contributed by atoms with Gasteiger partial charge in [0, 0.05) is 0 Å². The van der Waals surface area contributed by atoms with Gasteiger partial charge < -0.3 is 18.9 Å². The SMILES string of the molecule is COC(=O)C(C)(C)/C=C/c1cc(OC)c(OC)c(OC)c1. The number of carbonyl (C=O) groups is 1. The van der Waals surface area contributed by atoms with Crippen molar-refractivity contribution in [2.24, 2.45) is 5.41 Å². The summed E-state index contributed by atoms with van der Waals surface area (Å²) in [5.74, 6) is 1.36. The van der Waals surface area contributed by atoms with Crippen LogP contribution >= 0.6 is 0 Å². The van der Waals surface area contributed by atoms with Crippen molar-refractivity contribution in [3.05, 3.63) is 23.8 Å². The topological polar surface area (TPSA) is 54.0 Å². The summed E-state index contributed by atoms with van der Waals surface area (Å²) >= 11 is 0. The molecule has 0 N–H and O–H groups in total. The Kier molecular flexibility index (Phi) is 5.64. The van der Waals surface area contributed by atoms with E-state index >= 15 is 0 Å². The Bertz CT molecular complexity index is 506. The highest BCUT2D eigenvalue weighted by Crippen LogP contribution is 2.38. The minimum atomic E-state index is -0.713. The van der Waals surface area contributed by atoms with Gasteiger partial charge in [-0.3, -0.25) is 4.79 Å². The second kappa shape index (κ2) is 7.02. The first-order chi connectivity index (χ1) is 9.89. The Hall–Kier alpha value is -2.17. The second-order valence-corrected chi connectivity index (χ2v) is 5.01. The zero-order valence-electron chi connectivity index (χ0n) is 13.4. The van der Waals surface area contributed by atoms with Gasteiger partial charge in [0.05, 0.1) is 33.9 Å². The van der Waals surface area contributed by atoms with E-state index in [9.17, 15) is 4.79 Å². The molecule has 1 aromatic carbocycles. The summed E-state index contributed by atoms with van der Waals surface area (Å²) in [6.07, 6.45) is 3.60. The van der Waals surface area contributed by atoms with Crippen LogP contribution in [0.2, 0.25) is 0 Å². The predicted octanol–water partition coefficient (Wildman–Crippen LogP) is 2.92. The van der Waals surface area contributed by atoms with Crippen molar-refractivity contribution in [1.29, 1.82) is 0 Å². The Morgan fingerprint density at radius 2 is 1.52 bits per heavy atom. The zero-order chi connectivity index (χ0) is 16.0. The van der Waals surface area contributed by atoms with Crippen molar-refractivity contribution in [1.82, 2.24) is 0 Å². The van der Waals surface area contributed by atoms with Crippen molar-refractivity contribution in [3.63, 3.8) is 0 Å². The summed E-state index contributed by atoms with van der Waals surface area (Å²) in [6.45, 7) is 3.57. The molecule has 0 amide bonds. The molecule has 0 saturated carbocycles. The molecule has 0 unspecified atom stereocenters. The Labute approximate surface area is 125 Å². The van der Waals surface area contributed by atoms with Gasteiger partial charge in [-0.05, 0) is 31.5 Å². The van der Waals surface area contributed by atoms with Crippen molar-refractivity contribution in [2.45, 2.75) is 13.8 Å². The molecule has 5 heteroatoms. The average Bonchev–Trinajstić information content (AvgIpc) is 2.50. The van der Waals surface area contributed by atoms with E-state index in [0.29, 0.717) is 17.2 Å². The van der Waals surface area contributed by atoms with Gasteiger partial charge in [0.25, 0.3) is 0 Å². The molecule has 1 aromatic rings. The van der Waals surface area contributed by atoms with Crippen LogP contribution in [-0.2, 0) is 9.53 Å². The minimum Gasteiger partial charge on any atom is -0.493 e. The lowest BCUT2D eigenvalue weighted by Crippen LogP contribution is -2.22. The lowest BCUT2D eigenvalue weighted by molar-refractivity contribution is -0.148. The quantitative estimate of drug-likeness (QED) is 0.755. The molecule has 1 rings (SSSR count). The van der Waals surface area contributed by atoms with Crippen LogP contribution in [0.3, 0.4) is 0 Å². The van der Waals surface area contributed by atoms with Gasteiger partial charge in [-0.1, -0.05) is 12.2 Å². The predicted molar refractivity (Wildman–Crippen MR) is 80.9 cm³/mol. The number of carbonyl (C=O) groups excluding carboxylic acids is 1. The van der Waals surface area contributed by atoms with E-state index in [0.717, 1.165) is 5.56 Å². The Morgan fingerprint density at radius 3 is 1.90 bits per heavy atom. The van der Waals surface area contributed by atoms with E-state index in [2.05, 4.69) is 0 Å². The first kappa shape index (κ1) is 16.9. The van der Waals surface area contributed by atoms with Gasteiger partial charge in [0.1, 0.15) is 0 Å². The first-order valence-electron chi connectivity index (χ1n) is 6.47. The number of benzene rings is 1. The number of methoxy groups -OCH3 is 4. The summed E-state index contributed by atoms with van der Waals surface area (Å²) in [5, 5.41) is 0. The van der Waals surface area contributed by atoms with Crippen LogP contribution in [0.25, 0.3) is 6.08 Å². The fraction of sp³-hybridized carbons (Fsp3) is 0.438. The van der Waals surface area contributed by atoms with Crippen molar-refractivity contribution >= 4 is 12.0 Å². The summed E-state index contributed by atoms with van der Waals surface area (Å²) in [7, 11) is 6.04. The van der Waals surface area contributed by atoms with E-state index in [1.54, 1.807) is 41.3 Å². The molecule has 5 nitrogen and oxygen atoms in total. The third-order valence-electron chi connectivity index (χ3n) is 3.09. The molecular formula is C16H22O5. The number of ether oxygens (including phenoxy) is 4. The molecule has 0 bridgehead atoms. The van der Waals surface area contributed by atoms with Crippen LogP contribution in [0.15, 0.2) is 18.2 Å². The second-order valence-electron chi connectivity index (χ2n) is 5.01. The lowest BCUT2D eigenvalue weighted by Gasteiger charge is -2.17. The van der Waals surface area contributed by atoms with Crippen LogP contribution in [0.4, 0.5) is 0 Å². The highest BCUT2D eigenvalue weighted by molar-refractivity contribution is 5.79. The Balaban J connectivity index is 3.18. The molecule has 21 heavy (non-hydrogen) atoms. The molecule has 0 aliphatic carbocycles. The van der Waals surface area contributed by atoms with Crippen LogP contribution in [0, 0.1) is 5.41 Å². The van der Waals surface area contributed by atoms with E-state index in [1.807, 2.05) is 18.2 Å². The molecule has 0 fully saturated rings. The lowest BCUT2D eigenvalue weighted by atomic mass is 9.92. The van der Waals surface area contributed by atoms with Gasteiger partial charge >= 0.3 is 5.97 Å². The zero-order valence-corrected chi connectivity index (χ0v) is 13.4. The van der Waals surface area contributed by atoms with Gasteiger partial charge in [-0.2, -0.15) is 0 Å². The van der Waals surface area contributed by atoms with E-state index in [-0.39, 0.29) is 5.97 Å². The van der Waals surface area contributed by atoms with Gasteiger partial charge in [0.2, 0.25) is 5.75 Å². The first-order valence-corrected chi connectivity index (χ1v) is 6.47. The highest BCUT2D eigenvalue weighted by atomic mass is 16.5. The van der Waals surface area contributed by atoms with Crippen molar-refractivity contribution < 1.29 is 23.7 Å². The number of esters is 1. The molecule has 0 aromatic heterocycles. The van der Waals surface area contributed by atoms with Crippen molar-refractivity contribution in [2.75, 3.05) is 28.4 Å². The maximum absolute atomic E-state index is 11.7. The minimum absolute atomic E-state index is 0.300. The molecule has 0 atom stereocenters. The monoisotopic (exact) mass is 294 g/mol. The smallest absolute Gasteiger partial charge is 0.315 e. The molecular weight excluding hydrogens is 272 g/mol. The Morgan fingerprint density at radius 1 is 1.00 bits per heavy atom. The van der Waals surface area contributed by atoms with Gasteiger partial charge in [-0.15, -0.1) is 0 Å². The van der Waals surface area contributed by atoms with E-state index in [1.165, 1.54) is 7.11 Å². The van der Waals surface area contributed by atoms with E-state index < -0.39 is 5.41 Å². The third-order valence-corrected chi connectivity index (χ3v) is 3.09. The summed E-state index contributed by atoms with van der Waals surface area (Å²) < 4.78 is 20.6. The van der Waals surface area contributed by atoms with Gasteiger partial charge in [-0.25, -0.2) is 0 Å². The van der Waals surface area contributed by atoms with Crippen LogP contribution in [-0.4, -0.2) is 34.4 Å². The van der Waals surface area contributed by atoms with Crippen LogP contribution in [0.5, 0.6) is 17.2 Å². The van der Waals surface area contributed by atoms with Crippen LogP contribution < -0.4 is 14.2 Å². The molecule has 0 spiro atoms. The fourth-order valence-corrected chi connectivity index (χ4v) is 1.83. The standard InChI is InChI=1S/C16H22O5/c1-16(2,15(17)21-6)8-7-11-9-12(18-3)14(20-5)13(10-11)19-4/h7-10H,1-6H3/b8-7+. The maximum atomic E-state index is 11.7. The summed E-state index contributed by atoms with van der Waals surface area (Å²) in [4.78, 5) is 11.7. The largest absolute Gasteiger partial charge is 0.493 e. The fourth-order valence-electron chi connectivity index (χ4n) is 1.83. The molecule has 0 aliphatic rings. The van der Waals surface area contributed by atoms with Gasteiger partial charge in [0.15, 0.2) is 11.5 Å². The van der Waals surface area contributed by atoms with E-state index in [4.69, 9.17) is 18.9 Å².